The molecule has 3 aromatic carbocycles. The molecule has 1 aliphatic rings. The number of aliphatic imine (C=N–C) groups is 1. The van der Waals surface area contributed by atoms with Crippen LogP contribution in [-0.4, -0.2) is 15.8 Å². The summed E-state index contributed by atoms with van der Waals surface area (Å²) in [5.74, 6) is 0.886. The highest BCUT2D eigenvalue weighted by Gasteiger charge is 2.34. The SMILES string of the molecule is C=C(N=Cc1c(C)nc(-c2ccc(C3(N)CCC3)cc2)n1-c1ccccc1)c1ccccc1. The van der Waals surface area contributed by atoms with E-state index in [0.717, 1.165) is 52.6 Å². The molecule has 1 aliphatic carbocycles. The summed E-state index contributed by atoms with van der Waals surface area (Å²) in [6.45, 7) is 6.16. The Hall–Kier alpha value is -3.76. The zero-order valence-corrected chi connectivity index (χ0v) is 18.9. The van der Waals surface area contributed by atoms with E-state index in [2.05, 4.69) is 52.5 Å². The van der Waals surface area contributed by atoms with Gasteiger partial charge in [-0.1, -0.05) is 79.4 Å². The van der Waals surface area contributed by atoms with E-state index < -0.39 is 0 Å². The molecule has 33 heavy (non-hydrogen) atoms. The predicted octanol–water partition coefficient (Wildman–Crippen LogP) is 6.28. The first-order valence-corrected chi connectivity index (χ1v) is 11.4. The van der Waals surface area contributed by atoms with Gasteiger partial charge in [-0.2, -0.15) is 0 Å². The summed E-state index contributed by atoms with van der Waals surface area (Å²) in [6.07, 6.45) is 5.17. The third-order valence-electron chi connectivity index (χ3n) is 6.52. The molecule has 4 heteroatoms. The second kappa shape index (κ2) is 8.64. The second-order valence-corrected chi connectivity index (χ2v) is 8.73. The van der Waals surface area contributed by atoms with Crippen LogP contribution < -0.4 is 5.73 Å². The Kier molecular flexibility index (Phi) is 5.53. The monoisotopic (exact) mass is 432 g/mol. The van der Waals surface area contributed by atoms with Crippen LogP contribution in [0.15, 0.2) is 96.5 Å². The Morgan fingerprint density at radius 1 is 0.970 bits per heavy atom. The summed E-state index contributed by atoms with van der Waals surface area (Å²) in [4.78, 5) is 9.63. The fourth-order valence-corrected chi connectivity index (χ4v) is 4.37. The molecule has 1 fully saturated rings. The van der Waals surface area contributed by atoms with Gasteiger partial charge in [-0.05, 0) is 49.4 Å². The van der Waals surface area contributed by atoms with E-state index in [1.54, 1.807) is 0 Å². The van der Waals surface area contributed by atoms with Crippen molar-refractivity contribution in [3.05, 3.63) is 114 Å². The lowest BCUT2D eigenvalue weighted by molar-refractivity contribution is 0.253. The van der Waals surface area contributed by atoms with Gasteiger partial charge in [0.25, 0.3) is 0 Å². The van der Waals surface area contributed by atoms with Crippen molar-refractivity contribution >= 4 is 11.9 Å². The highest BCUT2D eigenvalue weighted by Crippen LogP contribution is 2.39. The van der Waals surface area contributed by atoms with E-state index in [0.29, 0.717) is 0 Å². The molecule has 1 aromatic heterocycles. The minimum atomic E-state index is -0.168. The molecule has 164 valence electrons. The van der Waals surface area contributed by atoms with Crippen molar-refractivity contribution in [2.75, 3.05) is 0 Å². The van der Waals surface area contributed by atoms with Gasteiger partial charge < -0.3 is 5.73 Å². The smallest absolute Gasteiger partial charge is 0.145 e. The molecule has 4 nitrogen and oxygen atoms in total. The highest BCUT2D eigenvalue weighted by molar-refractivity contribution is 5.86. The molecule has 0 unspecified atom stereocenters. The van der Waals surface area contributed by atoms with Crippen LogP contribution in [0.4, 0.5) is 0 Å². The standard InChI is InChI=1S/C29H28N4/c1-21(23-10-5-3-6-11-23)31-20-27-22(2)32-28(33(27)26-12-7-4-8-13-26)24-14-16-25(17-15-24)29(30)18-9-19-29/h3-8,10-17,20H,1,9,18-19,30H2,2H3. The fourth-order valence-electron chi connectivity index (χ4n) is 4.37. The van der Waals surface area contributed by atoms with Crippen molar-refractivity contribution in [2.45, 2.75) is 31.7 Å². The maximum absolute atomic E-state index is 6.53. The number of imidazole rings is 1. The number of aryl methyl sites for hydroxylation is 1. The van der Waals surface area contributed by atoms with Crippen molar-refractivity contribution in [1.82, 2.24) is 9.55 Å². The zero-order chi connectivity index (χ0) is 22.8. The predicted molar refractivity (Wildman–Crippen MR) is 137 cm³/mol. The van der Waals surface area contributed by atoms with E-state index >= 15 is 0 Å². The summed E-state index contributed by atoms with van der Waals surface area (Å²) in [7, 11) is 0. The highest BCUT2D eigenvalue weighted by atomic mass is 15.1. The summed E-state index contributed by atoms with van der Waals surface area (Å²) in [6, 6.07) is 28.8. The number of hydrogen-bond acceptors (Lipinski definition) is 3. The van der Waals surface area contributed by atoms with Gasteiger partial charge in [0.2, 0.25) is 0 Å². The van der Waals surface area contributed by atoms with Gasteiger partial charge in [-0.3, -0.25) is 9.56 Å². The van der Waals surface area contributed by atoms with E-state index in [9.17, 15) is 0 Å². The normalized spacial score (nSPS) is 14.8. The van der Waals surface area contributed by atoms with Crippen LogP contribution in [0, 0.1) is 6.92 Å². The number of nitrogens with two attached hydrogens (primary N) is 1. The van der Waals surface area contributed by atoms with Crippen LogP contribution in [-0.2, 0) is 5.54 Å². The molecule has 0 amide bonds. The molecule has 1 heterocycles. The van der Waals surface area contributed by atoms with Crippen LogP contribution >= 0.6 is 0 Å². The van der Waals surface area contributed by atoms with Crippen LogP contribution in [0.3, 0.4) is 0 Å². The molecule has 5 rings (SSSR count). The summed E-state index contributed by atoms with van der Waals surface area (Å²) < 4.78 is 2.16. The van der Waals surface area contributed by atoms with Crippen LogP contribution in [0.5, 0.6) is 0 Å². The third-order valence-corrected chi connectivity index (χ3v) is 6.52. The molecular formula is C29H28N4. The van der Waals surface area contributed by atoms with Crippen molar-refractivity contribution in [3.8, 4) is 17.1 Å². The van der Waals surface area contributed by atoms with Gasteiger partial charge >= 0.3 is 0 Å². The number of para-hydroxylation sites is 1. The maximum atomic E-state index is 6.53. The lowest BCUT2D eigenvalue weighted by atomic mass is 9.73. The molecule has 1 saturated carbocycles. The number of benzene rings is 3. The molecule has 0 atom stereocenters. The van der Waals surface area contributed by atoms with Crippen molar-refractivity contribution in [1.29, 1.82) is 0 Å². The van der Waals surface area contributed by atoms with E-state index in [-0.39, 0.29) is 5.54 Å². The number of rotatable bonds is 6. The van der Waals surface area contributed by atoms with E-state index in [1.165, 1.54) is 12.0 Å². The van der Waals surface area contributed by atoms with Gasteiger partial charge in [-0.15, -0.1) is 0 Å². The van der Waals surface area contributed by atoms with Crippen molar-refractivity contribution in [2.24, 2.45) is 10.7 Å². The van der Waals surface area contributed by atoms with Gasteiger partial charge in [0.1, 0.15) is 5.82 Å². The average Bonchev–Trinajstić information content (AvgIpc) is 3.18. The Labute approximate surface area is 195 Å². The molecule has 2 N–H and O–H groups in total. The zero-order valence-electron chi connectivity index (χ0n) is 18.9. The first-order chi connectivity index (χ1) is 16.0. The van der Waals surface area contributed by atoms with Gasteiger partial charge in [0, 0.05) is 16.8 Å². The minimum absolute atomic E-state index is 0.168. The van der Waals surface area contributed by atoms with Crippen LogP contribution in [0.2, 0.25) is 0 Å². The van der Waals surface area contributed by atoms with E-state index in [1.807, 2.05) is 61.7 Å². The lowest BCUT2D eigenvalue weighted by Crippen LogP contribution is -2.43. The topological polar surface area (TPSA) is 56.2 Å². The quantitative estimate of drug-likeness (QED) is 0.365. The fraction of sp³-hybridized carbons (Fsp3) is 0.172. The van der Waals surface area contributed by atoms with Crippen LogP contribution in [0.25, 0.3) is 22.8 Å². The van der Waals surface area contributed by atoms with E-state index in [4.69, 9.17) is 10.7 Å². The Morgan fingerprint density at radius 2 is 1.61 bits per heavy atom. The third kappa shape index (κ3) is 4.06. The largest absolute Gasteiger partial charge is 0.321 e. The van der Waals surface area contributed by atoms with Crippen molar-refractivity contribution in [3.63, 3.8) is 0 Å². The molecule has 4 aromatic rings. The van der Waals surface area contributed by atoms with Gasteiger partial charge in [0.05, 0.1) is 23.3 Å². The summed E-state index contributed by atoms with van der Waals surface area (Å²) in [5, 5.41) is 0. The van der Waals surface area contributed by atoms with Crippen LogP contribution in [0.1, 0.15) is 41.8 Å². The average molecular weight is 433 g/mol. The van der Waals surface area contributed by atoms with Gasteiger partial charge in [0.15, 0.2) is 0 Å². The first-order valence-electron chi connectivity index (χ1n) is 11.4. The van der Waals surface area contributed by atoms with Gasteiger partial charge in [-0.25, -0.2) is 4.98 Å². The molecule has 0 saturated heterocycles. The lowest BCUT2D eigenvalue weighted by Gasteiger charge is -2.38. The molecule has 0 spiro atoms. The van der Waals surface area contributed by atoms with Crippen molar-refractivity contribution < 1.29 is 0 Å². The maximum Gasteiger partial charge on any atom is 0.145 e. The Bertz CT molecular complexity index is 1300. The Balaban J connectivity index is 1.56. The number of nitrogens with zero attached hydrogens (tertiary/aromatic N) is 3. The summed E-state index contributed by atoms with van der Waals surface area (Å²) in [5.41, 5.74) is 13.2. The Morgan fingerprint density at radius 3 is 2.21 bits per heavy atom. The minimum Gasteiger partial charge on any atom is -0.321 e. The molecular weight excluding hydrogens is 404 g/mol. The summed E-state index contributed by atoms with van der Waals surface area (Å²) >= 11 is 0. The molecule has 0 bridgehead atoms. The second-order valence-electron chi connectivity index (χ2n) is 8.73. The number of aromatic nitrogens is 2. The first kappa shape index (κ1) is 21.1. The molecule has 0 aliphatic heterocycles. The molecule has 0 radical (unpaired) electrons. The number of hydrogen-bond donors (Lipinski definition) is 1.